The van der Waals surface area contributed by atoms with Gasteiger partial charge in [0.1, 0.15) is 4.88 Å². The van der Waals surface area contributed by atoms with Gasteiger partial charge in [-0.25, -0.2) is 4.79 Å². The van der Waals surface area contributed by atoms with Gasteiger partial charge >= 0.3 is 5.97 Å². The van der Waals surface area contributed by atoms with E-state index in [1.54, 1.807) is 19.1 Å². The van der Waals surface area contributed by atoms with E-state index >= 15 is 0 Å². The summed E-state index contributed by atoms with van der Waals surface area (Å²) in [5.41, 5.74) is 0.855. The lowest BCUT2D eigenvalue weighted by atomic mass is 10.3. The van der Waals surface area contributed by atoms with Gasteiger partial charge in [-0.05, 0) is 23.9 Å². The number of carbonyl (C=O) groups is 2. The summed E-state index contributed by atoms with van der Waals surface area (Å²) in [6, 6.07) is 1.84. The van der Waals surface area contributed by atoms with Crippen molar-refractivity contribution in [2.45, 2.75) is 6.92 Å². The summed E-state index contributed by atoms with van der Waals surface area (Å²) in [7, 11) is 3.14. The van der Waals surface area contributed by atoms with E-state index in [0.717, 1.165) is 5.56 Å². The first-order valence-corrected chi connectivity index (χ1v) is 7.45. The molecule has 118 valence electrons. The average molecular weight is 315 g/mol. The molecule has 0 aliphatic heterocycles. The zero-order valence-electron chi connectivity index (χ0n) is 12.6. The Balaban J connectivity index is 2.48. The Morgan fingerprint density at radius 2 is 1.81 bits per heavy atom. The highest BCUT2D eigenvalue weighted by Crippen LogP contribution is 2.16. The molecular formula is C14H21NO5S. The molecule has 0 radical (unpaired) electrons. The van der Waals surface area contributed by atoms with Gasteiger partial charge < -0.3 is 19.1 Å². The summed E-state index contributed by atoms with van der Waals surface area (Å²) in [6.45, 7) is 3.28. The number of amides is 1. The van der Waals surface area contributed by atoms with Crippen LogP contribution in [0.3, 0.4) is 0 Å². The van der Waals surface area contributed by atoms with Crippen LogP contribution >= 0.6 is 11.3 Å². The molecule has 0 bridgehead atoms. The van der Waals surface area contributed by atoms with Crippen molar-refractivity contribution in [3.05, 3.63) is 21.9 Å². The predicted octanol–water partition coefficient (Wildman–Crippen LogP) is 1.33. The normalized spacial score (nSPS) is 10.4. The van der Waals surface area contributed by atoms with E-state index in [2.05, 4.69) is 0 Å². The second kappa shape index (κ2) is 9.49. The number of carbonyl (C=O) groups excluding carboxylic acids is 2. The van der Waals surface area contributed by atoms with E-state index in [4.69, 9.17) is 14.2 Å². The fourth-order valence-corrected chi connectivity index (χ4v) is 2.45. The summed E-state index contributed by atoms with van der Waals surface area (Å²) in [6.07, 6.45) is 0. The summed E-state index contributed by atoms with van der Waals surface area (Å²) in [5, 5.41) is 1.82. The van der Waals surface area contributed by atoms with Gasteiger partial charge in [-0.15, -0.1) is 11.3 Å². The van der Waals surface area contributed by atoms with Crippen LogP contribution in [-0.4, -0.2) is 63.9 Å². The first-order chi connectivity index (χ1) is 10.1. The van der Waals surface area contributed by atoms with Crippen LogP contribution < -0.4 is 0 Å². The molecule has 0 unspecified atom stereocenters. The van der Waals surface area contributed by atoms with Crippen molar-refractivity contribution in [3.8, 4) is 0 Å². The molecule has 0 N–H and O–H groups in total. The zero-order chi connectivity index (χ0) is 15.7. The highest BCUT2D eigenvalue weighted by atomic mass is 32.1. The van der Waals surface area contributed by atoms with Gasteiger partial charge in [-0.2, -0.15) is 0 Å². The van der Waals surface area contributed by atoms with Crippen molar-refractivity contribution < 1.29 is 23.8 Å². The summed E-state index contributed by atoms with van der Waals surface area (Å²) >= 11 is 1.31. The molecule has 0 aromatic carbocycles. The van der Waals surface area contributed by atoms with Gasteiger partial charge in [0.15, 0.2) is 6.61 Å². The molecular weight excluding hydrogens is 294 g/mol. The zero-order valence-corrected chi connectivity index (χ0v) is 13.4. The largest absolute Gasteiger partial charge is 0.451 e. The molecule has 1 aromatic heterocycles. The third-order valence-electron chi connectivity index (χ3n) is 2.86. The van der Waals surface area contributed by atoms with Crippen LogP contribution in [0.25, 0.3) is 0 Å². The van der Waals surface area contributed by atoms with Crippen LogP contribution in [-0.2, 0) is 19.0 Å². The number of ether oxygens (including phenoxy) is 3. The Morgan fingerprint density at radius 3 is 2.29 bits per heavy atom. The maximum atomic E-state index is 12.1. The summed E-state index contributed by atoms with van der Waals surface area (Å²) in [5.74, 6) is -0.721. The molecule has 1 amide bonds. The SMILES string of the molecule is COCCN(CCOC)C(=O)COC(=O)c1sccc1C. The van der Waals surface area contributed by atoms with Crippen LogP contribution in [0.1, 0.15) is 15.2 Å². The monoisotopic (exact) mass is 315 g/mol. The molecule has 0 fully saturated rings. The predicted molar refractivity (Wildman–Crippen MR) is 79.7 cm³/mol. The molecule has 0 aliphatic rings. The third-order valence-corrected chi connectivity index (χ3v) is 3.85. The number of nitrogens with zero attached hydrogens (tertiary/aromatic N) is 1. The summed E-state index contributed by atoms with van der Waals surface area (Å²) in [4.78, 5) is 26.0. The average Bonchev–Trinajstić information content (AvgIpc) is 2.91. The van der Waals surface area contributed by atoms with Gasteiger partial charge in [0.2, 0.25) is 0 Å². The number of rotatable bonds is 9. The number of hydrogen-bond acceptors (Lipinski definition) is 6. The van der Waals surface area contributed by atoms with Crippen LogP contribution in [0.5, 0.6) is 0 Å². The van der Waals surface area contributed by atoms with Gasteiger partial charge in [0.25, 0.3) is 5.91 Å². The fourth-order valence-electron chi connectivity index (χ4n) is 1.63. The number of hydrogen-bond donors (Lipinski definition) is 0. The van der Waals surface area contributed by atoms with Gasteiger partial charge in [0, 0.05) is 27.3 Å². The molecule has 1 heterocycles. The minimum absolute atomic E-state index is 0.258. The van der Waals surface area contributed by atoms with E-state index in [9.17, 15) is 9.59 Å². The van der Waals surface area contributed by atoms with Crippen LogP contribution in [0, 0.1) is 6.92 Å². The standard InChI is InChI=1S/C14H21NO5S/c1-11-4-9-21-13(11)14(17)20-10-12(16)15(5-7-18-2)6-8-19-3/h4,9H,5-8,10H2,1-3H3. The molecule has 1 rings (SSSR count). The van der Waals surface area contributed by atoms with Crippen molar-refractivity contribution in [3.63, 3.8) is 0 Å². The number of aryl methyl sites for hydroxylation is 1. The smallest absolute Gasteiger partial charge is 0.349 e. The molecule has 0 aliphatic carbocycles. The molecule has 21 heavy (non-hydrogen) atoms. The van der Waals surface area contributed by atoms with Crippen molar-refractivity contribution in [1.82, 2.24) is 4.90 Å². The highest BCUT2D eigenvalue weighted by molar-refractivity contribution is 7.12. The molecule has 6 nitrogen and oxygen atoms in total. The number of esters is 1. The van der Waals surface area contributed by atoms with Gasteiger partial charge in [-0.3, -0.25) is 4.79 Å². The topological polar surface area (TPSA) is 65.1 Å². The molecule has 0 saturated heterocycles. The first kappa shape index (κ1) is 17.6. The van der Waals surface area contributed by atoms with Gasteiger partial charge in [0.05, 0.1) is 13.2 Å². The van der Waals surface area contributed by atoms with E-state index in [1.807, 2.05) is 18.4 Å². The van der Waals surface area contributed by atoms with Crippen LogP contribution in [0.4, 0.5) is 0 Å². The van der Waals surface area contributed by atoms with Gasteiger partial charge in [-0.1, -0.05) is 0 Å². The van der Waals surface area contributed by atoms with E-state index in [0.29, 0.717) is 31.2 Å². The van der Waals surface area contributed by atoms with E-state index in [1.165, 1.54) is 11.3 Å². The molecule has 0 spiro atoms. The maximum Gasteiger partial charge on any atom is 0.349 e. The Labute approximate surface area is 128 Å². The molecule has 7 heteroatoms. The first-order valence-electron chi connectivity index (χ1n) is 6.57. The molecule has 1 aromatic rings. The Hall–Kier alpha value is -1.44. The Bertz CT molecular complexity index is 452. The fraction of sp³-hybridized carbons (Fsp3) is 0.571. The minimum atomic E-state index is -0.464. The summed E-state index contributed by atoms with van der Waals surface area (Å²) < 4.78 is 15.0. The van der Waals surface area contributed by atoms with E-state index < -0.39 is 5.97 Å². The van der Waals surface area contributed by atoms with Crippen LogP contribution in [0.2, 0.25) is 0 Å². The van der Waals surface area contributed by atoms with Crippen molar-refractivity contribution in [1.29, 1.82) is 0 Å². The number of thiophene rings is 1. The highest BCUT2D eigenvalue weighted by Gasteiger charge is 2.17. The lowest BCUT2D eigenvalue weighted by Gasteiger charge is -2.21. The lowest BCUT2D eigenvalue weighted by Crippen LogP contribution is -2.39. The van der Waals surface area contributed by atoms with Crippen molar-refractivity contribution in [2.75, 3.05) is 47.1 Å². The Morgan fingerprint density at radius 1 is 1.19 bits per heavy atom. The van der Waals surface area contributed by atoms with Crippen molar-refractivity contribution >= 4 is 23.2 Å². The molecule has 0 saturated carbocycles. The third kappa shape index (κ3) is 5.82. The van der Waals surface area contributed by atoms with E-state index in [-0.39, 0.29) is 12.5 Å². The Kier molecular flexibility index (Phi) is 7.96. The van der Waals surface area contributed by atoms with Crippen LogP contribution in [0.15, 0.2) is 11.4 Å². The van der Waals surface area contributed by atoms with Crippen molar-refractivity contribution in [2.24, 2.45) is 0 Å². The minimum Gasteiger partial charge on any atom is -0.451 e. The number of methoxy groups -OCH3 is 2. The second-order valence-electron chi connectivity index (χ2n) is 4.38. The maximum absolute atomic E-state index is 12.1. The quantitative estimate of drug-likeness (QED) is 0.643. The lowest BCUT2D eigenvalue weighted by molar-refractivity contribution is -0.135. The second-order valence-corrected chi connectivity index (χ2v) is 5.29. The molecule has 0 atom stereocenters.